The number of nitrogen functional groups attached to an aromatic ring is 1. The van der Waals surface area contributed by atoms with Gasteiger partial charge in [0, 0.05) is 32.1 Å². The quantitative estimate of drug-likeness (QED) is 0.801. The Bertz CT molecular complexity index is 381. The number of hydrogen-bond acceptors (Lipinski definition) is 3. The van der Waals surface area contributed by atoms with Crippen molar-refractivity contribution in [1.82, 2.24) is 9.47 Å². The largest absolute Gasteiger partial charge is 0.397 e. The monoisotopic (exact) mass is 239 g/mol. The van der Waals surface area contributed by atoms with Crippen LogP contribution in [0.2, 0.25) is 0 Å². The molecule has 0 unspecified atom stereocenters. The van der Waals surface area contributed by atoms with Crippen LogP contribution in [-0.4, -0.2) is 40.0 Å². The maximum absolute atomic E-state index is 12.2. The number of aromatic nitrogens is 1. The molecule has 1 aliphatic heterocycles. The Labute approximate surface area is 99.8 Å². The van der Waals surface area contributed by atoms with E-state index in [4.69, 9.17) is 5.73 Å². The number of thioether (sulfide) groups is 1. The molecule has 2 N–H and O–H groups in total. The first-order valence-corrected chi connectivity index (χ1v) is 6.63. The maximum Gasteiger partial charge on any atom is 0.270 e. The third kappa shape index (κ3) is 2.35. The van der Waals surface area contributed by atoms with Gasteiger partial charge in [-0.2, -0.15) is 11.8 Å². The van der Waals surface area contributed by atoms with Crippen LogP contribution in [0.25, 0.3) is 0 Å². The molecule has 2 heterocycles. The molecule has 5 heteroatoms. The highest BCUT2D eigenvalue weighted by atomic mass is 32.2. The van der Waals surface area contributed by atoms with E-state index in [0.29, 0.717) is 11.4 Å². The highest BCUT2D eigenvalue weighted by molar-refractivity contribution is 7.99. The second-order valence-corrected chi connectivity index (χ2v) is 5.25. The zero-order valence-electron chi connectivity index (χ0n) is 9.48. The number of aryl methyl sites for hydroxylation is 1. The van der Waals surface area contributed by atoms with E-state index in [9.17, 15) is 4.79 Å². The van der Waals surface area contributed by atoms with Gasteiger partial charge in [0.25, 0.3) is 5.91 Å². The normalized spacial score (nSPS) is 17.2. The number of hydrogen-bond donors (Lipinski definition) is 1. The lowest BCUT2D eigenvalue weighted by molar-refractivity contribution is 0.0759. The van der Waals surface area contributed by atoms with Crippen LogP contribution in [0, 0.1) is 0 Å². The van der Waals surface area contributed by atoms with E-state index >= 15 is 0 Å². The molecular formula is C11H17N3OS. The molecule has 1 aromatic rings. The van der Waals surface area contributed by atoms with Crippen LogP contribution in [0.3, 0.4) is 0 Å². The molecule has 16 heavy (non-hydrogen) atoms. The minimum absolute atomic E-state index is 0.0988. The van der Waals surface area contributed by atoms with Crippen molar-refractivity contribution in [3.63, 3.8) is 0 Å². The molecule has 1 aliphatic rings. The molecule has 0 bridgehead atoms. The smallest absolute Gasteiger partial charge is 0.270 e. The first kappa shape index (κ1) is 11.4. The van der Waals surface area contributed by atoms with Crippen molar-refractivity contribution in [3.8, 4) is 0 Å². The molecule has 88 valence electrons. The third-order valence-electron chi connectivity index (χ3n) is 2.75. The van der Waals surface area contributed by atoms with E-state index in [1.807, 2.05) is 23.7 Å². The minimum Gasteiger partial charge on any atom is -0.397 e. The fourth-order valence-corrected chi connectivity index (χ4v) is 2.80. The number of carbonyl (C=O) groups excluding carboxylic acids is 1. The molecular weight excluding hydrogens is 222 g/mol. The van der Waals surface area contributed by atoms with Gasteiger partial charge in [0.2, 0.25) is 0 Å². The summed E-state index contributed by atoms with van der Waals surface area (Å²) >= 11 is 1.92. The van der Waals surface area contributed by atoms with Crippen molar-refractivity contribution in [2.24, 2.45) is 7.05 Å². The number of amides is 1. The third-order valence-corrected chi connectivity index (χ3v) is 3.80. The number of rotatable bonds is 1. The van der Waals surface area contributed by atoms with E-state index in [-0.39, 0.29) is 5.91 Å². The van der Waals surface area contributed by atoms with Crippen LogP contribution < -0.4 is 5.73 Å². The summed E-state index contributed by atoms with van der Waals surface area (Å²) in [7, 11) is 1.86. The lowest BCUT2D eigenvalue weighted by Gasteiger charge is -2.19. The summed E-state index contributed by atoms with van der Waals surface area (Å²) in [6.45, 7) is 1.70. The Kier molecular flexibility index (Phi) is 3.43. The standard InChI is InChI=1S/C11H17N3OS/c1-13-8-9(12)7-10(13)11(15)14-3-2-5-16-6-4-14/h7-8H,2-6,12H2,1H3. The van der Waals surface area contributed by atoms with Crippen LogP contribution in [0.4, 0.5) is 5.69 Å². The molecule has 0 spiro atoms. The van der Waals surface area contributed by atoms with Gasteiger partial charge >= 0.3 is 0 Å². The average molecular weight is 239 g/mol. The Hall–Kier alpha value is -1.10. The van der Waals surface area contributed by atoms with E-state index in [0.717, 1.165) is 31.0 Å². The molecule has 2 rings (SSSR count). The molecule has 0 radical (unpaired) electrons. The van der Waals surface area contributed by atoms with Crippen molar-refractivity contribution in [2.75, 3.05) is 30.3 Å². The molecule has 0 aromatic carbocycles. The van der Waals surface area contributed by atoms with E-state index in [1.165, 1.54) is 0 Å². The highest BCUT2D eigenvalue weighted by Crippen LogP contribution is 2.15. The predicted molar refractivity (Wildman–Crippen MR) is 67.7 cm³/mol. The topological polar surface area (TPSA) is 51.3 Å². The zero-order chi connectivity index (χ0) is 11.5. The number of anilines is 1. The van der Waals surface area contributed by atoms with Crippen molar-refractivity contribution < 1.29 is 4.79 Å². The SMILES string of the molecule is Cn1cc(N)cc1C(=O)N1CCCSCC1. The molecule has 1 fully saturated rings. The van der Waals surface area contributed by atoms with Crippen molar-refractivity contribution in [3.05, 3.63) is 18.0 Å². The van der Waals surface area contributed by atoms with Crippen LogP contribution in [0.15, 0.2) is 12.3 Å². The number of carbonyl (C=O) groups is 1. The Morgan fingerprint density at radius 3 is 2.94 bits per heavy atom. The van der Waals surface area contributed by atoms with Crippen LogP contribution in [0.5, 0.6) is 0 Å². The number of nitrogens with two attached hydrogens (primary N) is 1. The van der Waals surface area contributed by atoms with Crippen LogP contribution >= 0.6 is 11.8 Å². The first-order valence-electron chi connectivity index (χ1n) is 5.47. The summed E-state index contributed by atoms with van der Waals surface area (Å²) in [5.74, 6) is 2.28. The second-order valence-electron chi connectivity index (χ2n) is 4.03. The Morgan fingerprint density at radius 2 is 2.25 bits per heavy atom. The van der Waals surface area contributed by atoms with Crippen molar-refractivity contribution in [1.29, 1.82) is 0 Å². The fourth-order valence-electron chi connectivity index (χ4n) is 1.91. The van der Waals surface area contributed by atoms with Gasteiger partial charge in [-0.25, -0.2) is 0 Å². The molecule has 0 saturated carbocycles. The van der Waals surface area contributed by atoms with Gasteiger partial charge in [-0.1, -0.05) is 0 Å². The lowest BCUT2D eigenvalue weighted by atomic mass is 10.3. The average Bonchev–Trinajstić information content (AvgIpc) is 2.49. The zero-order valence-corrected chi connectivity index (χ0v) is 10.3. The molecule has 0 atom stereocenters. The van der Waals surface area contributed by atoms with Crippen LogP contribution in [0.1, 0.15) is 16.9 Å². The van der Waals surface area contributed by atoms with Gasteiger partial charge in [0.15, 0.2) is 0 Å². The van der Waals surface area contributed by atoms with E-state index < -0.39 is 0 Å². The fraction of sp³-hybridized carbons (Fsp3) is 0.545. The summed E-state index contributed by atoms with van der Waals surface area (Å²) in [5.41, 5.74) is 7.01. The molecule has 4 nitrogen and oxygen atoms in total. The Balaban J connectivity index is 2.14. The summed E-state index contributed by atoms with van der Waals surface area (Å²) in [4.78, 5) is 14.2. The first-order chi connectivity index (χ1) is 7.68. The van der Waals surface area contributed by atoms with Gasteiger partial charge in [-0.3, -0.25) is 4.79 Å². The molecule has 1 saturated heterocycles. The highest BCUT2D eigenvalue weighted by Gasteiger charge is 2.19. The van der Waals surface area contributed by atoms with E-state index in [2.05, 4.69) is 0 Å². The van der Waals surface area contributed by atoms with Gasteiger partial charge in [0.05, 0.1) is 5.69 Å². The lowest BCUT2D eigenvalue weighted by Crippen LogP contribution is -2.34. The predicted octanol–water partition coefficient (Wildman–Crippen LogP) is 1.19. The van der Waals surface area contributed by atoms with Crippen molar-refractivity contribution >= 4 is 23.4 Å². The van der Waals surface area contributed by atoms with Gasteiger partial charge in [-0.15, -0.1) is 0 Å². The van der Waals surface area contributed by atoms with E-state index in [1.54, 1.807) is 16.8 Å². The molecule has 1 aromatic heterocycles. The Morgan fingerprint density at radius 1 is 1.44 bits per heavy atom. The van der Waals surface area contributed by atoms with Crippen LogP contribution in [-0.2, 0) is 7.05 Å². The summed E-state index contributed by atoms with van der Waals surface area (Å²) in [5, 5.41) is 0. The van der Waals surface area contributed by atoms with Gasteiger partial charge in [0.1, 0.15) is 5.69 Å². The summed E-state index contributed by atoms with van der Waals surface area (Å²) in [6.07, 6.45) is 2.86. The summed E-state index contributed by atoms with van der Waals surface area (Å²) in [6, 6.07) is 1.75. The van der Waals surface area contributed by atoms with Gasteiger partial charge in [-0.05, 0) is 18.2 Å². The number of nitrogens with zero attached hydrogens (tertiary/aromatic N) is 2. The maximum atomic E-state index is 12.2. The minimum atomic E-state index is 0.0988. The summed E-state index contributed by atoms with van der Waals surface area (Å²) < 4.78 is 1.80. The van der Waals surface area contributed by atoms with Gasteiger partial charge < -0.3 is 15.2 Å². The van der Waals surface area contributed by atoms with Crippen molar-refractivity contribution in [2.45, 2.75) is 6.42 Å². The second kappa shape index (κ2) is 4.82. The molecule has 1 amide bonds. The molecule has 0 aliphatic carbocycles.